The Kier molecular flexibility index (Phi) is 3.20. The van der Waals surface area contributed by atoms with Crippen molar-refractivity contribution in [2.75, 3.05) is 5.75 Å². The second-order valence-corrected chi connectivity index (χ2v) is 4.39. The van der Waals surface area contributed by atoms with Crippen LogP contribution in [0.5, 0.6) is 0 Å². The Morgan fingerprint density at radius 3 is 3.20 bits per heavy atom. The molecule has 1 aliphatic rings. The Labute approximate surface area is 91.4 Å². The predicted octanol–water partition coefficient (Wildman–Crippen LogP) is 0.398. The summed E-state index contributed by atoms with van der Waals surface area (Å²) in [5, 5.41) is 11.8. The van der Waals surface area contributed by atoms with Gasteiger partial charge in [0.25, 0.3) is 0 Å². The standard InChI is InChI=1S/C8H12N4O2S/c1-12-8(9-10-11-12)15-5-6-3-2-4-7(13)14-6/h6H,2-5H2,1H3/t6-/m0/s1. The van der Waals surface area contributed by atoms with E-state index >= 15 is 0 Å². The number of hydrogen-bond acceptors (Lipinski definition) is 6. The molecule has 15 heavy (non-hydrogen) atoms. The van der Waals surface area contributed by atoms with Crippen LogP contribution in [-0.2, 0) is 16.6 Å². The van der Waals surface area contributed by atoms with E-state index in [1.54, 1.807) is 11.7 Å². The number of nitrogens with zero attached hydrogens (tertiary/aromatic N) is 4. The van der Waals surface area contributed by atoms with Crippen LogP contribution in [-0.4, -0.2) is 38.0 Å². The molecule has 0 unspecified atom stereocenters. The van der Waals surface area contributed by atoms with Crippen LogP contribution in [0.3, 0.4) is 0 Å². The van der Waals surface area contributed by atoms with Gasteiger partial charge in [0.05, 0.1) is 0 Å². The molecular weight excluding hydrogens is 216 g/mol. The second-order valence-electron chi connectivity index (χ2n) is 3.40. The number of hydrogen-bond donors (Lipinski definition) is 0. The van der Waals surface area contributed by atoms with Gasteiger partial charge in [0, 0.05) is 19.2 Å². The van der Waals surface area contributed by atoms with Crippen LogP contribution in [0.2, 0.25) is 0 Å². The third-order valence-corrected chi connectivity index (χ3v) is 3.33. The van der Waals surface area contributed by atoms with Crippen molar-refractivity contribution in [3.05, 3.63) is 0 Å². The third-order valence-electron chi connectivity index (χ3n) is 2.18. The minimum Gasteiger partial charge on any atom is -0.461 e. The number of ether oxygens (including phenoxy) is 1. The molecule has 0 aliphatic carbocycles. The number of tetrazole rings is 1. The number of rotatable bonds is 3. The van der Waals surface area contributed by atoms with Gasteiger partial charge in [-0.15, -0.1) is 5.10 Å². The van der Waals surface area contributed by atoms with E-state index in [2.05, 4.69) is 15.5 Å². The Bertz CT molecular complexity index is 354. The molecule has 0 saturated carbocycles. The molecule has 0 bridgehead atoms. The summed E-state index contributed by atoms with van der Waals surface area (Å²) in [6.45, 7) is 0. The van der Waals surface area contributed by atoms with E-state index in [1.165, 1.54) is 11.8 Å². The molecule has 1 fully saturated rings. The fourth-order valence-electron chi connectivity index (χ4n) is 1.41. The number of thioether (sulfide) groups is 1. The van der Waals surface area contributed by atoms with E-state index in [1.807, 2.05) is 0 Å². The molecule has 1 aromatic heterocycles. The Balaban J connectivity index is 1.83. The normalized spacial score (nSPS) is 21.4. The zero-order valence-corrected chi connectivity index (χ0v) is 9.24. The molecule has 1 saturated heterocycles. The molecule has 0 radical (unpaired) electrons. The molecule has 6 nitrogen and oxygen atoms in total. The maximum Gasteiger partial charge on any atom is 0.306 e. The van der Waals surface area contributed by atoms with Crippen molar-refractivity contribution in [3.8, 4) is 0 Å². The number of carbonyl (C=O) groups is 1. The Morgan fingerprint density at radius 2 is 2.53 bits per heavy atom. The quantitative estimate of drug-likeness (QED) is 0.551. The number of carbonyl (C=O) groups excluding carboxylic acids is 1. The summed E-state index contributed by atoms with van der Waals surface area (Å²) in [4.78, 5) is 11.0. The molecule has 1 aromatic rings. The first-order valence-electron chi connectivity index (χ1n) is 4.80. The van der Waals surface area contributed by atoms with Crippen LogP contribution >= 0.6 is 11.8 Å². The van der Waals surface area contributed by atoms with E-state index in [0.29, 0.717) is 6.42 Å². The van der Waals surface area contributed by atoms with E-state index in [9.17, 15) is 4.79 Å². The highest BCUT2D eigenvalue weighted by atomic mass is 32.2. The zero-order chi connectivity index (χ0) is 10.7. The molecule has 0 aromatic carbocycles. The van der Waals surface area contributed by atoms with Crippen molar-refractivity contribution >= 4 is 17.7 Å². The second kappa shape index (κ2) is 4.61. The van der Waals surface area contributed by atoms with Gasteiger partial charge >= 0.3 is 5.97 Å². The molecule has 7 heteroatoms. The maximum atomic E-state index is 11.0. The van der Waals surface area contributed by atoms with Crippen LogP contribution in [0, 0.1) is 0 Å². The lowest BCUT2D eigenvalue weighted by Gasteiger charge is -2.21. The van der Waals surface area contributed by atoms with Crippen molar-refractivity contribution in [2.45, 2.75) is 30.5 Å². The highest BCUT2D eigenvalue weighted by Crippen LogP contribution is 2.21. The minimum atomic E-state index is -0.0945. The minimum absolute atomic E-state index is 0.00736. The first kappa shape index (κ1) is 10.4. The highest BCUT2D eigenvalue weighted by Gasteiger charge is 2.21. The predicted molar refractivity (Wildman–Crippen MR) is 53.3 cm³/mol. The fourth-order valence-corrected chi connectivity index (χ4v) is 2.29. The lowest BCUT2D eigenvalue weighted by Crippen LogP contribution is -2.25. The van der Waals surface area contributed by atoms with Crippen LogP contribution in [0.1, 0.15) is 19.3 Å². The first-order valence-corrected chi connectivity index (χ1v) is 5.79. The molecule has 82 valence electrons. The van der Waals surface area contributed by atoms with Gasteiger partial charge in [-0.25, -0.2) is 4.68 Å². The maximum absolute atomic E-state index is 11.0. The SMILES string of the molecule is Cn1nnnc1SC[C@@H]1CCCC(=O)O1. The van der Waals surface area contributed by atoms with Crippen LogP contribution in [0.15, 0.2) is 5.16 Å². The number of cyclic esters (lactones) is 1. The smallest absolute Gasteiger partial charge is 0.306 e. The topological polar surface area (TPSA) is 69.9 Å². The van der Waals surface area contributed by atoms with E-state index in [4.69, 9.17) is 4.74 Å². The molecule has 2 heterocycles. The van der Waals surface area contributed by atoms with Crippen molar-refractivity contribution in [2.24, 2.45) is 7.05 Å². The molecule has 1 atom stereocenters. The van der Waals surface area contributed by atoms with E-state index < -0.39 is 0 Å². The molecular formula is C8H12N4O2S. The average molecular weight is 228 g/mol. The summed E-state index contributed by atoms with van der Waals surface area (Å²) < 4.78 is 6.79. The van der Waals surface area contributed by atoms with Gasteiger partial charge in [0.2, 0.25) is 5.16 Å². The van der Waals surface area contributed by atoms with Crippen LogP contribution in [0.4, 0.5) is 0 Å². The number of esters is 1. The summed E-state index contributed by atoms with van der Waals surface area (Å²) in [7, 11) is 1.79. The van der Waals surface area contributed by atoms with Crippen LogP contribution in [0.25, 0.3) is 0 Å². The Morgan fingerprint density at radius 1 is 1.67 bits per heavy atom. The first-order chi connectivity index (χ1) is 7.25. The summed E-state index contributed by atoms with van der Waals surface area (Å²) in [6.07, 6.45) is 2.41. The molecule has 2 rings (SSSR count). The summed E-state index contributed by atoms with van der Waals surface area (Å²) in [5.74, 6) is 0.628. The average Bonchev–Trinajstić information content (AvgIpc) is 2.61. The van der Waals surface area contributed by atoms with Crippen molar-refractivity contribution in [3.63, 3.8) is 0 Å². The molecule has 0 spiro atoms. The van der Waals surface area contributed by atoms with E-state index in [0.717, 1.165) is 23.8 Å². The van der Waals surface area contributed by atoms with Gasteiger partial charge in [0.1, 0.15) is 6.10 Å². The highest BCUT2D eigenvalue weighted by molar-refractivity contribution is 7.99. The third kappa shape index (κ3) is 2.68. The Hall–Kier alpha value is -1.11. The largest absolute Gasteiger partial charge is 0.461 e. The molecule has 0 amide bonds. The number of aryl methyl sites for hydroxylation is 1. The van der Waals surface area contributed by atoms with E-state index in [-0.39, 0.29) is 12.1 Å². The lowest BCUT2D eigenvalue weighted by atomic mass is 10.1. The summed E-state index contributed by atoms with van der Waals surface area (Å²) in [6, 6.07) is 0. The van der Waals surface area contributed by atoms with Gasteiger partial charge in [-0.3, -0.25) is 4.79 Å². The molecule has 1 aliphatic heterocycles. The van der Waals surface area contributed by atoms with Gasteiger partial charge < -0.3 is 4.74 Å². The molecule has 0 N–H and O–H groups in total. The van der Waals surface area contributed by atoms with Gasteiger partial charge in [-0.05, 0) is 23.3 Å². The number of aromatic nitrogens is 4. The van der Waals surface area contributed by atoms with Gasteiger partial charge in [-0.1, -0.05) is 11.8 Å². The summed E-state index contributed by atoms with van der Waals surface area (Å²) in [5.41, 5.74) is 0. The van der Waals surface area contributed by atoms with Gasteiger partial charge in [0.15, 0.2) is 0 Å². The van der Waals surface area contributed by atoms with Crippen molar-refractivity contribution in [1.82, 2.24) is 20.2 Å². The monoisotopic (exact) mass is 228 g/mol. The van der Waals surface area contributed by atoms with Crippen molar-refractivity contribution in [1.29, 1.82) is 0 Å². The fraction of sp³-hybridized carbons (Fsp3) is 0.750. The zero-order valence-electron chi connectivity index (χ0n) is 8.42. The lowest BCUT2D eigenvalue weighted by molar-refractivity contribution is -0.152. The summed E-state index contributed by atoms with van der Waals surface area (Å²) >= 11 is 1.51. The van der Waals surface area contributed by atoms with Crippen LogP contribution < -0.4 is 0 Å². The van der Waals surface area contributed by atoms with Gasteiger partial charge in [-0.2, -0.15) is 0 Å². The van der Waals surface area contributed by atoms with Crippen molar-refractivity contribution < 1.29 is 9.53 Å².